The van der Waals surface area contributed by atoms with E-state index in [-0.39, 0.29) is 5.38 Å². The molecule has 2 atom stereocenters. The number of halogens is 1. The minimum atomic E-state index is -0.150. The zero-order valence-electron chi connectivity index (χ0n) is 12.1. The number of rotatable bonds is 4. The number of hydrogen-bond acceptors (Lipinski definition) is 3. The Labute approximate surface area is 129 Å². The van der Waals surface area contributed by atoms with E-state index in [9.17, 15) is 0 Å². The molecule has 110 valence electrons. The largest absolute Gasteiger partial charge is 0.381 e. The number of nitrogens with zero attached hydrogens (tertiary/aromatic N) is 3. The normalized spacial score (nSPS) is 19.8. The summed E-state index contributed by atoms with van der Waals surface area (Å²) in [5.74, 6) is 1.49. The van der Waals surface area contributed by atoms with Gasteiger partial charge < -0.3 is 9.30 Å². The van der Waals surface area contributed by atoms with E-state index in [1.807, 2.05) is 19.1 Å². The van der Waals surface area contributed by atoms with Crippen molar-refractivity contribution in [3.8, 4) is 6.07 Å². The van der Waals surface area contributed by atoms with Crippen molar-refractivity contribution in [2.75, 3.05) is 13.2 Å². The van der Waals surface area contributed by atoms with Gasteiger partial charge in [0.05, 0.1) is 28.0 Å². The first kappa shape index (κ1) is 14.4. The molecule has 0 bridgehead atoms. The Balaban J connectivity index is 1.95. The number of imidazole rings is 1. The van der Waals surface area contributed by atoms with Crippen molar-refractivity contribution in [3.05, 3.63) is 29.6 Å². The molecule has 0 saturated carbocycles. The van der Waals surface area contributed by atoms with E-state index in [1.54, 1.807) is 6.07 Å². The van der Waals surface area contributed by atoms with Crippen LogP contribution in [0.25, 0.3) is 11.0 Å². The van der Waals surface area contributed by atoms with Gasteiger partial charge >= 0.3 is 0 Å². The molecule has 0 radical (unpaired) electrons. The van der Waals surface area contributed by atoms with E-state index < -0.39 is 0 Å². The fourth-order valence-corrected chi connectivity index (χ4v) is 3.04. The van der Waals surface area contributed by atoms with E-state index in [1.165, 1.54) is 0 Å². The zero-order valence-corrected chi connectivity index (χ0v) is 12.8. The monoisotopic (exact) mass is 303 g/mol. The number of benzene rings is 1. The molecular weight excluding hydrogens is 286 g/mol. The third-order valence-corrected chi connectivity index (χ3v) is 4.24. The van der Waals surface area contributed by atoms with Crippen molar-refractivity contribution in [1.29, 1.82) is 5.26 Å². The van der Waals surface area contributed by atoms with Crippen molar-refractivity contribution in [2.24, 2.45) is 5.92 Å². The average molecular weight is 304 g/mol. The number of nitriles is 1. The van der Waals surface area contributed by atoms with Gasteiger partial charge in [0.1, 0.15) is 5.82 Å². The molecule has 1 aliphatic rings. The Morgan fingerprint density at radius 2 is 2.43 bits per heavy atom. The molecule has 0 N–H and O–H groups in total. The quantitative estimate of drug-likeness (QED) is 0.810. The SMILES string of the molecule is CC(Cl)c1nc2ccc(C#N)cc2n1CCC1CCOC1. The lowest BCUT2D eigenvalue weighted by Crippen LogP contribution is -2.09. The molecule has 5 heteroatoms. The highest BCUT2D eigenvalue weighted by Crippen LogP contribution is 2.27. The van der Waals surface area contributed by atoms with Gasteiger partial charge in [-0.15, -0.1) is 11.6 Å². The standard InChI is InChI=1S/C16H18ClN3O/c1-11(17)16-19-14-3-2-13(9-18)8-15(14)20(16)6-4-12-5-7-21-10-12/h2-3,8,11-12H,4-7,10H2,1H3. The van der Waals surface area contributed by atoms with Crippen LogP contribution in [-0.4, -0.2) is 22.8 Å². The van der Waals surface area contributed by atoms with Crippen LogP contribution < -0.4 is 0 Å². The maximum atomic E-state index is 9.08. The van der Waals surface area contributed by atoms with E-state index in [4.69, 9.17) is 21.6 Å². The van der Waals surface area contributed by atoms with Crippen molar-refractivity contribution < 1.29 is 4.74 Å². The molecule has 21 heavy (non-hydrogen) atoms. The lowest BCUT2D eigenvalue weighted by molar-refractivity contribution is 0.183. The molecule has 1 aromatic carbocycles. The zero-order chi connectivity index (χ0) is 14.8. The summed E-state index contributed by atoms with van der Waals surface area (Å²) in [6.07, 6.45) is 2.18. The molecule has 0 spiro atoms. The summed E-state index contributed by atoms with van der Waals surface area (Å²) in [6.45, 7) is 4.52. The Hall–Kier alpha value is -1.57. The Morgan fingerprint density at radius 1 is 1.57 bits per heavy atom. The highest BCUT2D eigenvalue weighted by Gasteiger charge is 2.19. The topological polar surface area (TPSA) is 50.8 Å². The number of alkyl halides is 1. The predicted molar refractivity (Wildman–Crippen MR) is 82.3 cm³/mol. The van der Waals surface area contributed by atoms with E-state index in [0.717, 1.165) is 49.5 Å². The highest BCUT2D eigenvalue weighted by atomic mass is 35.5. The van der Waals surface area contributed by atoms with Crippen LogP contribution in [0.1, 0.15) is 36.5 Å². The number of aryl methyl sites for hydroxylation is 1. The van der Waals surface area contributed by atoms with Crippen molar-refractivity contribution in [3.63, 3.8) is 0 Å². The first-order valence-electron chi connectivity index (χ1n) is 7.31. The fourth-order valence-electron chi connectivity index (χ4n) is 2.87. The van der Waals surface area contributed by atoms with Gasteiger partial charge in [-0.3, -0.25) is 0 Å². The third kappa shape index (κ3) is 2.90. The first-order valence-corrected chi connectivity index (χ1v) is 7.75. The average Bonchev–Trinajstić information content (AvgIpc) is 3.11. The number of aromatic nitrogens is 2. The van der Waals surface area contributed by atoms with Gasteiger partial charge in [0.2, 0.25) is 0 Å². The van der Waals surface area contributed by atoms with Gasteiger partial charge in [-0.25, -0.2) is 4.98 Å². The van der Waals surface area contributed by atoms with E-state index >= 15 is 0 Å². The molecule has 1 fully saturated rings. The third-order valence-electron chi connectivity index (χ3n) is 4.05. The second-order valence-electron chi connectivity index (χ2n) is 5.57. The summed E-state index contributed by atoms with van der Waals surface area (Å²) in [4.78, 5) is 4.62. The van der Waals surface area contributed by atoms with Crippen LogP contribution in [0.2, 0.25) is 0 Å². The van der Waals surface area contributed by atoms with Gasteiger partial charge in [-0.2, -0.15) is 5.26 Å². The fraction of sp³-hybridized carbons (Fsp3) is 0.500. The van der Waals surface area contributed by atoms with Crippen LogP contribution in [0, 0.1) is 17.2 Å². The van der Waals surface area contributed by atoms with Crippen LogP contribution in [0.3, 0.4) is 0 Å². The molecule has 2 unspecified atom stereocenters. The van der Waals surface area contributed by atoms with Crippen LogP contribution >= 0.6 is 11.6 Å². The molecule has 0 amide bonds. The summed E-state index contributed by atoms with van der Waals surface area (Å²) in [7, 11) is 0. The van der Waals surface area contributed by atoms with E-state index in [0.29, 0.717) is 11.5 Å². The lowest BCUT2D eigenvalue weighted by atomic mass is 10.1. The van der Waals surface area contributed by atoms with Gasteiger partial charge in [-0.1, -0.05) is 0 Å². The Bertz CT molecular complexity index is 681. The second-order valence-corrected chi connectivity index (χ2v) is 6.23. The summed E-state index contributed by atoms with van der Waals surface area (Å²) >= 11 is 6.28. The van der Waals surface area contributed by atoms with Crippen molar-refractivity contribution in [2.45, 2.75) is 31.7 Å². The van der Waals surface area contributed by atoms with Crippen molar-refractivity contribution >= 4 is 22.6 Å². The first-order chi connectivity index (χ1) is 10.2. The minimum Gasteiger partial charge on any atom is -0.381 e. The number of fused-ring (bicyclic) bond motifs is 1. The molecule has 0 aliphatic carbocycles. The molecule has 1 aliphatic heterocycles. The van der Waals surface area contributed by atoms with Crippen LogP contribution in [0.4, 0.5) is 0 Å². The minimum absolute atomic E-state index is 0.150. The van der Waals surface area contributed by atoms with Gasteiger partial charge in [-0.05, 0) is 43.9 Å². The lowest BCUT2D eigenvalue weighted by Gasteiger charge is -2.13. The summed E-state index contributed by atoms with van der Waals surface area (Å²) in [6, 6.07) is 7.78. The second kappa shape index (κ2) is 6.05. The van der Waals surface area contributed by atoms with Gasteiger partial charge in [0.25, 0.3) is 0 Å². The summed E-state index contributed by atoms with van der Waals surface area (Å²) in [5.41, 5.74) is 2.55. The molecule has 1 aromatic heterocycles. The molecule has 2 heterocycles. The van der Waals surface area contributed by atoms with Crippen LogP contribution in [0.5, 0.6) is 0 Å². The molecule has 4 nitrogen and oxygen atoms in total. The maximum absolute atomic E-state index is 9.08. The van der Waals surface area contributed by atoms with Crippen LogP contribution in [0.15, 0.2) is 18.2 Å². The maximum Gasteiger partial charge on any atom is 0.127 e. The van der Waals surface area contributed by atoms with Crippen molar-refractivity contribution in [1.82, 2.24) is 9.55 Å². The number of ether oxygens (including phenoxy) is 1. The highest BCUT2D eigenvalue weighted by molar-refractivity contribution is 6.20. The molecule has 3 rings (SSSR count). The number of hydrogen-bond donors (Lipinski definition) is 0. The molecule has 2 aromatic rings. The summed E-state index contributed by atoms with van der Waals surface area (Å²) < 4.78 is 7.59. The molecule has 1 saturated heterocycles. The Morgan fingerprint density at radius 3 is 3.10 bits per heavy atom. The van der Waals surface area contributed by atoms with Gasteiger partial charge in [0, 0.05) is 19.8 Å². The van der Waals surface area contributed by atoms with Gasteiger partial charge in [0.15, 0.2) is 0 Å². The smallest absolute Gasteiger partial charge is 0.127 e. The van der Waals surface area contributed by atoms with E-state index in [2.05, 4.69) is 15.6 Å². The van der Waals surface area contributed by atoms with Crippen LogP contribution in [-0.2, 0) is 11.3 Å². The Kier molecular flexibility index (Phi) is 4.14. The molecular formula is C16H18ClN3O. The predicted octanol–water partition coefficient (Wildman–Crippen LogP) is 3.63. The summed E-state index contributed by atoms with van der Waals surface area (Å²) in [5, 5.41) is 8.93.